The van der Waals surface area contributed by atoms with Crippen LogP contribution in [0.4, 0.5) is 17.5 Å². The van der Waals surface area contributed by atoms with E-state index in [0.717, 1.165) is 22.4 Å². The second kappa shape index (κ2) is 6.17. The molecule has 4 rings (SSSR count). The Kier molecular flexibility index (Phi) is 3.86. The van der Waals surface area contributed by atoms with E-state index in [4.69, 9.17) is 16.3 Å². The first kappa shape index (κ1) is 15.0. The van der Waals surface area contributed by atoms with Gasteiger partial charge in [-0.3, -0.25) is 0 Å². The molecule has 0 saturated heterocycles. The van der Waals surface area contributed by atoms with E-state index in [9.17, 15) is 0 Å². The fourth-order valence-electron chi connectivity index (χ4n) is 2.54. The number of halogens is 1. The molecule has 1 aliphatic carbocycles. The molecule has 3 aromatic rings. The number of benzene rings is 2. The highest BCUT2D eigenvalue weighted by molar-refractivity contribution is 6.32. The summed E-state index contributed by atoms with van der Waals surface area (Å²) in [4.78, 5) is 9.24. The maximum absolute atomic E-state index is 6.18. The molecule has 0 bridgehead atoms. The van der Waals surface area contributed by atoms with Gasteiger partial charge in [-0.05, 0) is 43.2 Å². The highest BCUT2D eigenvalue weighted by Gasteiger charge is 2.22. The van der Waals surface area contributed by atoms with Crippen LogP contribution in [0.1, 0.15) is 12.8 Å². The van der Waals surface area contributed by atoms with Gasteiger partial charge in [0.1, 0.15) is 11.6 Å². The number of methoxy groups -OCH3 is 1. The molecule has 0 atom stereocenters. The summed E-state index contributed by atoms with van der Waals surface area (Å²) in [6.45, 7) is 0. The third-order valence-corrected chi connectivity index (χ3v) is 4.22. The van der Waals surface area contributed by atoms with Crippen molar-refractivity contribution in [3.8, 4) is 5.75 Å². The molecule has 24 heavy (non-hydrogen) atoms. The van der Waals surface area contributed by atoms with Gasteiger partial charge in [0.25, 0.3) is 0 Å². The Labute approximate surface area is 145 Å². The summed E-state index contributed by atoms with van der Waals surface area (Å²) < 4.78 is 5.18. The first-order valence-electron chi connectivity index (χ1n) is 7.87. The normalized spacial score (nSPS) is 13.8. The quantitative estimate of drug-likeness (QED) is 0.710. The Morgan fingerprint density at radius 2 is 1.96 bits per heavy atom. The molecule has 1 fully saturated rings. The number of anilines is 3. The van der Waals surface area contributed by atoms with Gasteiger partial charge in [-0.1, -0.05) is 23.7 Å². The van der Waals surface area contributed by atoms with Gasteiger partial charge in [-0.25, -0.2) is 4.98 Å². The summed E-state index contributed by atoms with van der Waals surface area (Å²) in [5, 5.41) is 8.27. The van der Waals surface area contributed by atoms with Gasteiger partial charge in [-0.15, -0.1) is 0 Å². The summed E-state index contributed by atoms with van der Waals surface area (Å²) >= 11 is 6.18. The predicted octanol–water partition coefficient (Wildman–Crippen LogP) is 4.61. The van der Waals surface area contributed by atoms with E-state index in [-0.39, 0.29) is 0 Å². The van der Waals surface area contributed by atoms with E-state index >= 15 is 0 Å². The highest BCUT2D eigenvalue weighted by atomic mass is 35.5. The number of hydrogen-bond acceptors (Lipinski definition) is 5. The largest absolute Gasteiger partial charge is 0.495 e. The highest BCUT2D eigenvalue weighted by Crippen LogP contribution is 2.31. The zero-order chi connectivity index (χ0) is 16.5. The van der Waals surface area contributed by atoms with E-state index in [1.54, 1.807) is 13.2 Å². The lowest BCUT2D eigenvalue weighted by molar-refractivity contribution is 0.415. The molecule has 0 spiro atoms. The molecule has 1 saturated carbocycles. The number of fused-ring (bicyclic) bond motifs is 1. The van der Waals surface area contributed by atoms with Crippen LogP contribution < -0.4 is 15.4 Å². The van der Waals surface area contributed by atoms with E-state index in [0.29, 0.717) is 22.8 Å². The molecule has 0 radical (unpaired) electrons. The molecule has 5 nitrogen and oxygen atoms in total. The van der Waals surface area contributed by atoms with Gasteiger partial charge in [0.2, 0.25) is 5.95 Å². The first-order chi connectivity index (χ1) is 11.7. The molecule has 0 amide bonds. The van der Waals surface area contributed by atoms with Crippen molar-refractivity contribution in [3.05, 3.63) is 47.5 Å². The van der Waals surface area contributed by atoms with Crippen molar-refractivity contribution in [1.82, 2.24) is 9.97 Å². The van der Waals surface area contributed by atoms with Crippen molar-refractivity contribution in [1.29, 1.82) is 0 Å². The second-order valence-electron chi connectivity index (χ2n) is 5.81. The molecule has 122 valence electrons. The first-order valence-corrected chi connectivity index (χ1v) is 8.24. The third kappa shape index (κ3) is 3.08. The lowest BCUT2D eigenvalue weighted by Crippen LogP contribution is -2.07. The fraction of sp³-hybridized carbons (Fsp3) is 0.222. The summed E-state index contributed by atoms with van der Waals surface area (Å²) in [6.07, 6.45) is 2.38. The van der Waals surface area contributed by atoms with Gasteiger partial charge in [-0.2, -0.15) is 4.98 Å². The summed E-state index contributed by atoms with van der Waals surface area (Å²) in [6, 6.07) is 14.0. The van der Waals surface area contributed by atoms with Gasteiger partial charge in [0.05, 0.1) is 17.6 Å². The van der Waals surface area contributed by atoms with Crippen molar-refractivity contribution in [3.63, 3.8) is 0 Å². The Bertz CT molecular complexity index is 895. The number of nitrogens with one attached hydrogen (secondary N) is 2. The molecule has 1 heterocycles. The van der Waals surface area contributed by atoms with Crippen LogP contribution in [-0.2, 0) is 0 Å². The number of aromatic nitrogens is 2. The van der Waals surface area contributed by atoms with Crippen LogP contribution in [0, 0.1) is 0 Å². The van der Waals surface area contributed by atoms with Crippen LogP contribution in [0.25, 0.3) is 10.9 Å². The van der Waals surface area contributed by atoms with Crippen LogP contribution >= 0.6 is 11.6 Å². The minimum atomic E-state index is 0.520. The zero-order valence-corrected chi connectivity index (χ0v) is 14.0. The van der Waals surface area contributed by atoms with Gasteiger partial charge in [0.15, 0.2) is 0 Å². The van der Waals surface area contributed by atoms with E-state index < -0.39 is 0 Å². The monoisotopic (exact) mass is 340 g/mol. The van der Waals surface area contributed by atoms with Gasteiger partial charge >= 0.3 is 0 Å². The number of hydrogen-bond donors (Lipinski definition) is 2. The van der Waals surface area contributed by atoms with Gasteiger partial charge < -0.3 is 15.4 Å². The van der Waals surface area contributed by atoms with E-state index in [1.807, 2.05) is 36.4 Å². The van der Waals surface area contributed by atoms with Crippen LogP contribution in [0.3, 0.4) is 0 Å². The van der Waals surface area contributed by atoms with Crippen molar-refractivity contribution in [2.24, 2.45) is 0 Å². The maximum Gasteiger partial charge on any atom is 0.229 e. The lowest BCUT2D eigenvalue weighted by atomic mass is 10.2. The average Bonchev–Trinajstić information content (AvgIpc) is 3.39. The van der Waals surface area contributed by atoms with Crippen molar-refractivity contribution < 1.29 is 4.74 Å². The summed E-state index contributed by atoms with van der Waals surface area (Å²) in [5.41, 5.74) is 1.71. The molecule has 2 aromatic carbocycles. The fourth-order valence-corrected chi connectivity index (χ4v) is 2.79. The predicted molar refractivity (Wildman–Crippen MR) is 97.5 cm³/mol. The zero-order valence-electron chi connectivity index (χ0n) is 13.2. The molecule has 1 aromatic heterocycles. The van der Waals surface area contributed by atoms with Crippen LogP contribution in [0.2, 0.25) is 5.02 Å². The number of nitrogens with zero attached hydrogens (tertiary/aromatic N) is 2. The van der Waals surface area contributed by atoms with E-state index in [1.165, 1.54) is 12.8 Å². The summed E-state index contributed by atoms with van der Waals surface area (Å²) in [5.74, 6) is 2.04. The number of para-hydroxylation sites is 1. The Morgan fingerprint density at radius 3 is 2.71 bits per heavy atom. The number of rotatable bonds is 5. The smallest absolute Gasteiger partial charge is 0.229 e. The molecular weight excluding hydrogens is 324 g/mol. The Morgan fingerprint density at radius 1 is 1.12 bits per heavy atom. The third-order valence-electron chi connectivity index (χ3n) is 3.93. The summed E-state index contributed by atoms with van der Waals surface area (Å²) in [7, 11) is 1.59. The van der Waals surface area contributed by atoms with Crippen molar-refractivity contribution >= 4 is 40.0 Å². The second-order valence-corrected chi connectivity index (χ2v) is 6.21. The van der Waals surface area contributed by atoms with Crippen molar-refractivity contribution in [2.75, 3.05) is 17.7 Å². The molecule has 0 unspecified atom stereocenters. The SMILES string of the molecule is COc1ccc(Nc2nc(NC3CC3)c3ccccc3n2)cc1Cl. The topological polar surface area (TPSA) is 59.1 Å². The molecule has 1 aliphatic rings. The number of ether oxygens (including phenoxy) is 1. The molecule has 2 N–H and O–H groups in total. The van der Waals surface area contributed by atoms with Crippen LogP contribution in [0.5, 0.6) is 5.75 Å². The Hall–Kier alpha value is -2.53. The Balaban J connectivity index is 1.69. The van der Waals surface area contributed by atoms with E-state index in [2.05, 4.69) is 20.6 Å². The van der Waals surface area contributed by atoms with Gasteiger partial charge in [0, 0.05) is 17.1 Å². The van der Waals surface area contributed by atoms with Crippen molar-refractivity contribution in [2.45, 2.75) is 18.9 Å². The molecule has 0 aliphatic heterocycles. The van der Waals surface area contributed by atoms with Crippen LogP contribution in [-0.4, -0.2) is 23.1 Å². The van der Waals surface area contributed by atoms with Crippen LogP contribution in [0.15, 0.2) is 42.5 Å². The maximum atomic E-state index is 6.18. The molecule has 6 heteroatoms. The minimum Gasteiger partial charge on any atom is -0.495 e. The standard InChI is InChI=1S/C18H17ClN4O/c1-24-16-9-8-12(10-14(16)19)21-18-22-15-5-3-2-4-13(15)17(23-18)20-11-6-7-11/h2-5,8-11H,6-7H2,1H3,(H2,20,21,22,23). The average molecular weight is 341 g/mol. The lowest BCUT2D eigenvalue weighted by Gasteiger charge is -2.12. The molecular formula is C18H17ClN4O. The minimum absolute atomic E-state index is 0.520.